The minimum absolute atomic E-state index is 0.179. The van der Waals surface area contributed by atoms with Gasteiger partial charge in [0.05, 0.1) is 0 Å². The summed E-state index contributed by atoms with van der Waals surface area (Å²) in [5.74, 6) is 2.50. The van der Waals surface area contributed by atoms with Crippen LogP contribution >= 0.6 is 12.2 Å². The molecule has 0 aromatic heterocycles. The number of hydrogen-bond donors (Lipinski definition) is 3. The molecule has 1 fully saturated rings. The fourth-order valence-corrected chi connectivity index (χ4v) is 2.68. The van der Waals surface area contributed by atoms with Crippen LogP contribution in [0.25, 0.3) is 0 Å². The molecular weight excluding hydrogens is 282 g/mol. The molecule has 1 amide bonds. The van der Waals surface area contributed by atoms with Crippen LogP contribution in [0.15, 0.2) is 30.3 Å². The molecule has 3 N–H and O–H groups in total. The number of rotatable bonds is 2. The van der Waals surface area contributed by atoms with Crippen molar-refractivity contribution < 1.29 is 4.79 Å². The van der Waals surface area contributed by atoms with Crippen molar-refractivity contribution in [3.63, 3.8) is 0 Å². The number of para-hydroxylation sites is 1. The molecule has 1 aliphatic rings. The number of carbonyl (C=O) groups is 1. The van der Waals surface area contributed by atoms with E-state index < -0.39 is 5.41 Å². The number of hydrazine groups is 1. The van der Waals surface area contributed by atoms with Crippen molar-refractivity contribution >= 4 is 28.9 Å². The van der Waals surface area contributed by atoms with Crippen molar-refractivity contribution in [1.82, 2.24) is 10.9 Å². The van der Waals surface area contributed by atoms with E-state index in [0.29, 0.717) is 5.11 Å². The van der Waals surface area contributed by atoms with E-state index in [1.165, 1.54) is 0 Å². The van der Waals surface area contributed by atoms with E-state index in [0.717, 1.165) is 37.8 Å². The normalized spacial score (nSPS) is 16.3. The van der Waals surface area contributed by atoms with E-state index in [1.807, 2.05) is 30.3 Å². The Morgan fingerprint density at radius 3 is 2.43 bits per heavy atom. The maximum absolute atomic E-state index is 12.3. The second-order valence-corrected chi connectivity index (χ2v) is 5.59. The summed E-state index contributed by atoms with van der Waals surface area (Å²) in [6.07, 6.45) is 10.2. The first-order chi connectivity index (χ1) is 10.2. The van der Waals surface area contributed by atoms with Crippen molar-refractivity contribution in [2.75, 3.05) is 5.32 Å². The molecule has 0 radical (unpaired) electrons. The fourth-order valence-electron chi connectivity index (χ4n) is 2.51. The monoisotopic (exact) mass is 301 g/mol. The highest BCUT2D eigenvalue weighted by Crippen LogP contribution is 2.35. The van der Waals surface area contributed by atoms with E-state index in [-0.39, 0.29) is 5.91 Å². The van der Waals surface area contributed by atoms with E-state index in [4.69, 9.17) is 18.6 Å². The molecule has 0 bridgehead atoms. The lowest BCUT2D eigenvalue weighted by Gasteiger charge is -2.31. The third kappa shape index (κ3) is 3.96. The zero-order valence-electron chi connectivity index (χ0n) is 11.8. The molecule has 0 saturated heterocycles. The number of thiocarbonyl (C=S) groups is 1. The molecule has 1 aromatic rings. The minimum Gasteiger partial charge on any atom is -0.331 e. The summed E-state index contributed by atoms with van der Waals surface area (Å²) in [6, 6.07) is 9.50. The van der Waals surface area contributed by atoms with E-state index >= 15 is 0 Å². The lowest BCUT2D eigenvalue weighted by atomic mass is 9.74. The Morgan fingerprint density at radius 1 is 1.14 bits per heavy atom. The molecule has 21 heavy (non-hydrogen) atoms. The Morgan fingerprint density at radius 2 is 1.81 bits per heavy atom. The van der Waals surface area contributed by atoms with Gasteiger partial charge in [0, 0.05) is 5.69 Å². The summed E-state index contributed by atoms with van der Waals surface area (Å²) in [5, 5.41) is 3.32. The highest BCUT2D eigenvalue weighted by Gasteiger charge is 2.37. The van der Waals surface area contributed by atoms with Crippen LogP contribution in [0.5, 0.6) is 0 Å². The summed E-state index contributed by atoms with van der Waals surface area (Å²) < 4.78 is 0. The Balaban J connectivity index is 1.86. The fraction of sp³-hybridized carbons (Fsp3) is 0.375. The molecule has 1 saturated carbocycles. The Bertz CT molecular complexity index is 544. The smallest absolute Gasteiger partial charge is 0.256 e. The maximum Gasteiger partial charge on any atom is 0.256 e. The number of hydrogen-bond acceptors (Lipinski definition) is 2. The molecule has 1 aromatic carbocycles. The van der Waals surface area contributed by atoms with Gasteiger partial charge in [0.15, 0.2) is 5.11 Å². The predicted molar refractivity (Wildman–Crippen MR) is 88.3 cm³/mol. The first-order valence-electron chi connectivity index (χ1n) is 7.06. The molecule has 110 valence electrons. The molecule has 0 atom stereocenters. The van der Waals surface area contributed by atoms with Crippen LogP contribution in [0.2, 0.25) is 0 Å². The third-order valence-corrected chi connectivity index (χ3v) is 3.94. The number of carbonyl (C=O) groups excluding carboxylic acids is 1. The first-order valence-corrected chi connectivity index (χ1v) is 7.47. The second kappa shape index (κ2) is 7.09. The zero-order valence-corrected chi connectivity index (χ0v) is 12.6. The van der Waals surface area contributed by atoms with Gasteiger partial charge in [-0.2, -0.15) is 0 Å². The van der Waals surface area contributed by atoms with Crippen molar-refractivity contribution in [3.05, 3.63) is 30.3 Å². The van der Waals surface area contributed by atoms with Gasteiger partial charge in [-0.15, -0.1) is 6.42 Å². The van der Waals surface area contributed by atoms with Crippen LogP contribution in [-0.4, -0.2) is 11.0 Å². The van der Waals surface area contributed by atoms with Gasteiger partial charge in [-0.3, -0.25) is 15.6 Å². The number of anilines is 1. The van der Waals surface area contributed by atoms with E-state index in [9.17, 15) is 4.79 Å². The van der Waals surface area contributed by atoms with Crippen molar-refractivity contribution in [2.45, 2.75) is 32.1 Å². The second-order valence-electron chi connectivity index (χ2n) is 5.19. The molecule has 5 heteroatoms. The molecule has 1 aliphatic carbocycles. The van der Waals surface area contributed by atoms with Crippen LogP contribution in [0.1, 0.15) is 32.1 Å². The van der Waals surface area contributed by atoms with Gasteiger partial charge in [-0.25, -0.2) is 0 Å². The topological polar surface area (TPSA) is 53.2 Å². The molecule has 4 nitrogen and oxygen atoms in total. The number of amides is 1. The quantitative estimate of drug-likeness (QED) is 0.446. The van der Waals surface area contributed by atoms with Crippen LogP contribution in [-0.2, 0) is 4.79 Å². The number of terminal acetylenes is 1. The van der Waals surface area contributed by atoms with Crippen molar-refractivity contribution in [3.8, 4) is 12.3 Å². The molecule has 2 rings (SSSR count). The van der Waals surface area contributed by atoms with Gasteiger partial charge >= 0.3 is 0 Å². The molecule has 0 unspecified atom stereocenters. The lowest BCUT2D eigenvalue weighted by molar-refractivity contribution is -0.130. The Hall–Kier alpha value is -2.06. The summed E-state index contributed by atoms with van der Waals surface area (Å²) in [5.41, 5.74) is 5.50. The summed E-state index contributed by atoms with van der Waals surface area (Å²) in [4.78, 5) is 12.3. The third-order valence-electron chi connectivity index (χ3n) is 3.74. The summed E-state index contributed by atoms with van der Waals surface area (Å²) in [7, 11) is 0. The van der Waals surface area contributed by atoms with Crippen LogP contribution < -0.4 is 16.2 Å². The zero-order chi connectivity index (χ0) is 15.1. The summed E-state index contributed by atoms with van der Waals surface area (Å²) in [6.45, 7) is 0. The Kier molecular flexibility index (Phi) is 5.18. The van der Waals surface area contributed by atoms with Crippen LogP contribution in [0.3, 0.4) is 0 Å². The average molecular weight is 301 g/mol. The lowest BCUT2D eigenvalue weighted by Crippen LogP contribution is -2.50. The molecule has 0 aliphatic heterocycles. The van der Waals surface area contributed by atoms with Gasteiger partial charge in [0.25, 0.3) is 5.91 Å². The minimum atomic E-state index is -0.701. The van der Waals surface area contributed by atoms with Gasteiger partial charge in [0.2, 0.25) is 0 Å². The Labute approximate surface area is 130 Å². The standard InChI is InChI=1S/C16H19N3OS/c1-2-16(11-7-4-8-12-16)14(20)18-19-15(21)17-13-9-5-3-6-10-13/h1,3,5-6,9-10H,4,7-8,11-12H2,(H,18,20)(H2,17,19,21). The predicted octanol–water partition coefficient (Wildman–Crippen LogP) is 2.59. The van der Waals surface area contributed by atoms with Crippen LogP contribution in [0.4, 0.5) is 5.69 Å². The van der Waals surface area contributed by atoms with Crippen molar-refractivity contribution in [2.24, 2.45) is 5.41 Å². The molecule has 0 spiro atoms. The highest BCUT2D eigenvalue weighted by molar-refractivity contribution is 7.80. The van der Waals surface area contributed by atoms with Gasteiger partial charge in [-0.05, 0) is 37.2 Å². The maximum atomic E-state index is 12.3. The van der Waals surface area contributed by atoms with Gasteiger partial charge in [0.1, 0.15) is 5.41 Å². The van der Waals surface area contributed by atoms with E-state index in [1.54, 1.807) is 0 Å². The number of benzene rings is 1. The highest BCUT2D eigenvalue weighted by atomic mass is 32.1. The van der Waals surface area contributed by atoms with Crippen molar-refractivity contribution in [1.29, 1.82) is 0 Å². The SMILES string of the molecule is C#CC1(C(=O)NNC(=S)Nc2ccccc2)CCCCC1. The van der Waals surface area contributed by atoms with Gasteiger partial charge < -0.3 is 5.32 Å². The van der Waals surface area contributed by atoms with E-state index in [2.05, 4.69) is 22.1 Å². The average Bonchev–Trinajstić information content (AvgIpc) is 2.54. The first kappa shape index (κ1) is 15.3. The van der Waals surface area contributed by atoms with Crippen LogP contribution in [0, 0.1) is 17.8 Å². The molecular formula is C16H19N3OS. The molecule has 0 heterocycles. The van der Waals surface area contributed by atoms with Gasteiger partial charge in [-0.1, -0.05) is 43.4 Å². The number of nitrogens with one attached hydrogen (secondary N) is 3. The largest absolute Gasteiger partial charge is 0.331 e. The summed E-state index contributed by atoms with van der Waals surface area (Å²) >= 11 is 5.14.